The van der Waals surface area contributed by atoms with Crippen LogP contribution < -0.4 is 0 Å². The Morgan fingerprint density at radius 2 is 1.89 bits per heavy atom. The number of esters is 1. The minimum atomic E-state index is -1.09. The molecule has 1 aliphatic heterocycles. The Morgan fingerprint density at radius 3 is 2.43 bits per heavy atom. The Morgan fingerprint density at radius 1 is 1.21 bits per heavy atom. The van der Waals surface area contributed by atoms with Crippen LogP contribution in [0.3, 0.4) is 0 Å². The van der Waals surface area contributed by atoms with Crippen LogP contribution >= 0.6 is 0 Å². The van der Waals surface area contributed by atoms with Gasteiger partial charge in [0.2, 0.25) is 0 Å². The summed E-state index contributed by atoms with van der Waals surface area (Å²) < 4.78 is 6.63. The number of nitrogens with zero attached hydrogens (tertiary/aromatic N) is 4. The SMILES string of the molecule is CCOC(=O)c1cc(C(C)(C)C)nn1CC[C@@H]1CN(C(=O)O)CCN1C(=O)O. The monoisotopic (exact) mass is 396 g/mol. The highest BCUT2D eigenvalue weighted by Gasteiger charge is 2.33. The smallest absolute Gasteiger partial charge is 0.407 e. The molecule has 1 aromatic heterocycles. The fourth-order valence-electron chi connectivity index (χ4n) is 3.12. The second kappa shape index (κ2) is 8.49. The summed E-state index contributed by atoms with van der Waals surface area (Å²) in [6.07, 6.45) is -1.83. The molecule has 2 amide bonds. The maximum atomic E-state index is 12.3. The summed E-state index contributed by atoms with van der Waals surface area (Å²) in [4.78, 5) is 37.5. The molecular weight excluding hydrogens is 368 g/mol. The van der Waals surface area contributed by atoms with E-state index in [0.29, 0.717) is 12.1 Å². The standard InChI is InChI=1S/C18H28N4O6/c1-5-28-15(23)13-10-14(18(2,3)4)19-22(13)7-6-12-11-20(16(24)25)8-9-21(12)17(26)27/h10,12H,5-9,11H2,1-4H3,(H,24,25)(H,26,27)/t12-/m1/s1. The van der Waals surface area contributed by atoms with E-state index in [1.54, 1.807) is 13.0 Å². The molecule has 1 saturated heterocycles. The third-order valence-corrected chi connectivity index (χ3v) is 4.71. The van der Waals surface area contributed by atoms with Crippen LogP contribution in [0.4, 0.5) is 9.59 Å². The van der Waals surface area contributed by atoms with E-state index in [1.165, 1.54) is 14.5 Å². The van der Waals surface area contributed by atoms with Gasteiger partial charge in [-0.15, -0.1) is 0 Å². The highest BCUT2D eigenvalue weighted by molar-refractivity contribution is 5.87. The molecule has 28 heavy (non-hydrogen) atoms. The van der Waals surface area contributed by atoms with Crippen molar-refractivity contribution >= 4 is 18.2 Å². The molecule has 2 N–H and O–H groups in total. The molecule has 0 aliphatic carbocycles. The summed E-state index contributed by atoms with van der Waals surface area (Å²) in [6, 6.07) is 1.18. The summed E-state index contributed by atoms with van der Waals surface area (Å²) in [6.45, 7) is 8.50. The number of carbonyl (C=O) groups excluding carboxylic acids is 1. The lowest BCUT2D eigenvalue weighted by Crippen LogP contribution is -2.56. The molecule has 2 rings (SSSR count). The first-order valence-electron chi connectivity index (χ1n) is 9.27. The molecule has 0 spiro atoms. The van der Waals surface area contributed by atoms with Gasteiger partial charge in [0.1, 0.15) is 5.69 Å². The molecule has 0 saturated carbocycles. The lowest BCUT2D eigenvalue weighted by Gasteiger charge is -2.38. The average molecular weight is 396 g/mol. The van der Waals surface area contributed by atoms with Crippen molar-refractivity contribution in [1.29, 1.82) is 0 Å². The number of aryl methyl sites for hydroxylation is 1. The van der Waals surface area contributed by atoms with Crippen molar-refractivity contribution in [2.24, 2.45) is 0 Å². The van der Waals surface area contributed by atoms with Crippen LogP contribution in [0, 0.1) is 0 Å². The first kappa shape index (κ1) is 21.5. The number of hydrogen-bond acceptors (Lipinski definition) is 5. The van der Waals surface area contributed by atoms with Gasteiger partial charge in [0.15, 0.2) is 0 Å². The molecule has 1 aromatic rings. The zero-order valence-corrected chi connectivity index (χ0v) is 16.7. The van der Waals surface area contributed by atoms with E-state index < -0.39 is 24.2 Å². The van der Waals surface area contributed by atoms with E-state index in [-0.39, 0.29) is 38.2 Å². The van der Waals surface area contributed by atoms with Gasteiger partial charge >= 0.3 is 18.2 Å². The number of hydrogen-bond donors (Lipinski definition) is 2. The van der Waals surface area contributed by atoms with Crippen LogP contribution in [0.5, 0.6) is 0 Å². The fraction of sp³-hybridized carbons (Fsp3) is 0.667. The van der Waals surface area contributed by atoms with Crippen molar-refractivity contribution in [1.82, 2.24) is 19.6 Å². The van der Waals surface area contributed by atoms with Crippen LogP contribution in [0.25, 0.3) is 0 Å². The van der Waals surface area contributed by atoms with Gasteiger partial charge in [-0.2, -0.15) is 5.10 Å². The van der Waals surface area contributed by atoms with Crippen LogP contribution in [0.2, 0.25) is 0 Å². The lowest BCUT2D eigenvalue weighted by molar-refractivity contribution is 0.0502. The van der Waals surface area contributed by atoms with E-state index >= 15 is 0 Å². The lowest BCUT2D eigenvalue weighted by atomic mass is 9.92. The number of ether oxygens (including phenoxy) is 1. The minimum Gasteiger partial charge on any atom is -0.465 e. The molecule has 10 heteroatoms. The number of carboxylic acid groups (broad SMARTS) is 2. The van der Waals surface area contributed by atoms with Gasteiger partial charge in [-0.25, -0.2) is 14.4 Å². The first-order valence-corrected chi connectivity index (χ1v) is 9.27. The van der Waals surface area contributed by atoms with Crippen LogP contribution in [-0.2, 0) is 16.7 Å². The first-order chi connectivity index (χ1) is 13.0. The third kappa shape index (κ3) is 4.93. The molecule has 0 aromatic carbocycles. The molecule has 10 nitrogen and oxygen atoms in total. The maximum Gasteiger partial charge on any atom is 0.407 e. The van der Waals surface area contributed by atoms with Gasteiger partial charge in [-0.1, -0.05) is 20.8 Å². The van der Waals surface area contributed by atoms with Crippen LogP contribution in [0.15, 0.2) is 6.07 Å². The predicted octanol–water partition coefficient (Wildman–Crippen LogP) is 2.09. The molecule has 1 fully saturated rings. The van der Waals surface area contributed by atoms with E-state index in [9.17, 15) is 24.6 Å². The van der Waals surface area contributed by atoms with Gasteiger partial charge in [0, 0.05) is 31.6 Å². The third-order valence-electron chi connectivity index (χ3n) is 4.71. The van der Waals surface area contributed by atoms with E-state index in [4.69, 9.17) is 4.74 Å². The van der Waals surface area contributed by atoms with Gasteiger partial charge in [-0.3, -0.25) is 4.68 Å². The number of piperazine rings is 1. The quantitative estimate of drug-likeness (QED) is 0.730. The molecule has 156 valence electrons. The van der Waals surface area contributed by atoms with Crippen molar-refractivity contribution in [3.8, 4) is 0 Å². The highest BCUT2D eigenvalue weighted by atomic mass is 16.5. The number of rotatable bonds is 5. The summed E-state index contributed by atoms with van der Waals surface area (Å²) in [5.74, 6) is -0.489. The van der Waals surface area contributed by atoms with Crippen molar-refractivity contribution in [2.75, 3.05) is 26.2 Å². The normalized spacial score (nSPS) is 17.5. The zero-order chi connectivity index (χ0) is 21.1. The Labute approximate surface area is 163 Å². The van der Waals surface area contributed by atoms with Crippen molar-refractivity contribution < 1.29 is 29.3 Å². The second-order valence-electron chi connectivity index (χ2n) is 7.76. The van der Waals surface area contributed by atoms with E-state index in [2.05, 4.69) is 5.10 Å². The van der Waals surface area contributed by atoms with E-state index in [1.807, 2.05) is 20.8 Å². The Bertz CT molecular complexity index is 739. The van der Waals surface area contributed by atoms with Crippen molar-refractivity contribution in [3.05, 3.63) is 17.5 Å². The van der Waals surface area contributed by atoms with Gasteiger partial charge in [0.05, 0.1) is 18.3 Å². The Balaban J connectivity index is 2.22. The van der Waals surface area contributed by atoms with E-state index in [0.717, 1.165) is 5.69 Å². The zero-order valence-electron chi connectivity index (χ0n) is 16.7. The molecule has 1 atom stereocenters. The minimum absolute atomic E-state index is 0.0871. The molecule has 0 radical (unpaired) electrons. The molecule has 1 aliphatic rings. The second-order valence-corrected chi connectivity index (χ2v) is 7.76. The fourth-order valence-corrected chi connectivity index (χ4v) is 3.12. The van der Waals surface area contributed by atoms with Gasteiger partial charge in [-0.05, 0) is 19.4 Å². The van der Waals surface area contributed by atoms with Gasteiger partial charge in [0.25, 0.3) is 0 Å². The average Bonchev–Trinajstić information content (AvgIpc) is 3.04. The summed E-state index contributed by atoms with van der Waals surface area (Å²) in [7, 11) is 0. The Kier molecular flexibility index (Phi) is 6.52. The topological polar surface area (TPSA) is 125 Å². The maximum absolute atomic E-state index is 12.3. The highest BCUT2D eigenvalue weighted by Crippen LogP contribution is 2.23. The summed E-state index contributed by atoms with van der Waals surface area (Å²) in [5, 5.41) is 23.1. The number of amides is 2. The molecule has 0 bridgehead atoms. The number of aromatic nitrogens is 2. The van der Waals surface area contributed by atoms with Crippen molar-refractivity contribution in [3.63, 3.8) is 0 Å². The predicted molar refractivity (Wildman–Crippen MR) is 99.6 cm³/mol. The van der Waals surface area contributed by atoms with Crippen LogP contribution in [-0.4, -0.2) is 80.2 Å². The summed E-state index contributed by atoms with van der Waals surface area (Å²) >= 11 is 0. The largest absolute Gasteiger partial charge is 0.465 e. The van der Waals surface area contributed by atoms with Crippen molar-refractivity contribution in [2.45, 2.75) is 52.1 Å². The van der Waals surface area contributed by atoms with Gasteiger partial charge < -0.3 is 24.7 Å². The summed E-state index contributed by atoms with van der Waals surface area (Å²) in [5.41, 5.74) is 0.755. The number of carbonyl (C=O) groups is 3. The van der Waals surface area contributed by atoms with Crippen LogP contribution in [0.1, 0.15) is 50.3 Å². The molecule has 2 heterocycles. The molecule has 0 unspecified atom stereocenters. The Hall–Kier alpha value is -2.78. The molecular formula is C18H28N4O6.